The van der Waals surface area contributed by atoms with E-state index in [1.54, 1.807) is 0 Å². The summed E-state index contributed by atoms with van der Waals surface area (Å²) < 4.78 is 9.87. The first-order valence-electron chi connectivity index (χ1n) is 10.7. The maximum Gasteiger partial charge on any atom is 0.348 e. The Balaban J connectivity index is 3.57. The van der Waals surface area contributed by atoms with Gasteiger partial charge in [-0.3, -0.25) is 4.79 Å². The molecular formula is C23H40O4S. The number of ether oxygens (including phenoxy) is 2. The fourth-order valence-corrected chi connectivity index (χ4v) is 3.24. The molecule has 162 valence electrons. The summed E-state index contributed by atoms with van der Waals surface area (Å²) in [6, 6.07) is 0. The second-order valence-electron chi connectivity index (χ2n) is 6.94. The molecule has 0 N–H and O–H groups in total. The smallest absolute Gasteiger partial charge is 0.348 e. The van der Waals surface area contributed by atoms with Gasteiger partial charge in [-0.2, -0.15) is 11.8 Å². The van der Waals surface area contributed by atoms with Gasteiger partial charge in [-0.15, -0.1) is 0 Å². The molecule has 0 aliphatic heterocycles. The van der Waals surface area contributed by atoms with E-state index < -0.39 is 12.1 Å². The second kappa shape index (κ2) is 20.5. The van der Waals surface area contributed by atoms with Crippen LogP contribution in [0.4, 0.5) is 0 Å². The lowest BCUT2D eigenvalue weighted by atomic mass is 10.1. The molecule has 5 heteroatoms. The largest absolute Gasteiger partial charge is 0.466 e. The minimum absolute atomic E-state index is 0.310. The molecule has 28 heavy (non-hydrogen) atoms. The second-order valence-corrected chi connectivity index (χ2v) is 7.85. The van der Waals surface area contributed by atoms with E-state index in [-0.39, 0.29) is 5.97 Å². The van der Waals surface area contributed by atoms with Crippen molar-refractivity contribution in [2.24, 2.45) is 0 Å². The van der Waals surface area contributed by atoms with E-state index in [4.69, 9.17) is 4.74 Å². The predicted molar refractivity (Wildman–Crippen MR) is 120 cm³/mol. The number of methoxy groups -OCH3 is 1. The van der Waals surface area contributed by atoms with E-state index in [1.165, 1.54) is 57.4 Å². The fourth-order valence-electron chi connectivity index (χ4n) is 2.73. The van der Waals surface area contributed by atoms with E-state index in [2.05, 4.69) is 36.0 Å². The summed E-state index contributed by atoms with van der Waals surface area (Å²) in [5.74, 6) is -0.363. The van der Waals surface area contributed by atoms with E-state index in [9.17, 15) is 9.59 Å². The number of esters is 2. The van der Waals surface area contributed by atoms with Crippen LogP contribution in [0.3, 0.4) is 0 Å². The number of hydrogen-bond donors (Lipinski definition) is 0. The zero-order valence-electron chi connectivity index (χ0n) is 18.1. The van der Waals surface area contributed by atoms with Crippen molar-refractivity contribution in [1.82, 2.24) is 0 Å². The van der Waals surface area contributed by atoms with Gasteiger partial charge < -0.3 is 9.47 Å². The van der Waals surface area contributed by atoms with Crippen LogP contribution in [-0.4, -0.2) is 37.2 Å². The van der Waals surface area contributed by atoms with E-state index in [0.717, 1.165) is 32.1 Å². The van der Waals surface area contributed by atoms with Crippen molar-refractivity contribution in [2.75, 3.05) is 19.1 Å². The molecule has 0 rings (SSSR count). The zero-order chi connectivity index (χ0) is 20.9. The van der Waals surface area contributed by atoms with Crippen LogP contribution in [-0.2, 0) is 19.1 Å². The van der Waals surface area contributed by atoms with Crippen molar-refractivity contribution in [3.8, 4) is 0 Å². The predicted octanol–water partition coefficient (Wildman–Crippen LogP) is 6.25. The van der Waals surface area contributed by atoms with Crippen LogP contribution >= 0.6 is 11.8 Å². The van der Waals surface area contributed by atoms with Gasteiger partial charge in [-0.1, -0.05) is 63.3 Å². The third-order valence-electron chi connectivity index (χ3n) is 4.39. The van der Waals surface area contributed by atoms with Gasteiger partial charge in [0.15, 0.2) is 0 Å². The quantitative estimate of drug-likeness (QED) is 0.151. The summed E-state index contributed by atoms with van der Waals surface area (Å²) in [4.78, 5) is 23.4. The van der Waals surface area contributed by atoms with Crippen molar-refractivity contribution in [3.63, 3.8) is 0 Å². The molecular weight excluding hydrogens is 372 g/mol. The molecule has 1 atom stereocenters. The number of rotatable bonds is 18. The Hall–Kier alpha value is -1.23. The van der Waals surface area contributed by atoms with Crippen molar-refractivity contribution in [2.45, 2.75) is 90.1 Å². The summed E-state index contributed by atoms with van der Waals surface area (Å²) in [6.07, 6.45) is 23.1. The van der Waals surface area contributed by atoms with Crippen molar-refractivity contribution < 1.29 is 19.1 Å². The van der Waals surface area contributed by atoms with Crippen LogP contribution in [0, 0.1) is 0 Å². The highest BCUT2D eigenvalue weighted by Gasteiger charge is 2.22. The molecule has 0 aromatic heterocycles. The molecule has 0 aliphatic carbocycles. The summed E-state index contributed by atoms with van der Waals surface area (Å²) in [6.45, 7) is 2.23. The molecule has 0 heterocycles. The molecule has 0 saturated carbocycles. The Morgan fingerprint density at radius 1 is 0.893 bits per heavy atom. The first-order chi connectivity index (χ1) is 13.7. The molecule has 0 fully saturated rings. The lowest BCUT2D eigenvalue weighted by molar-refractivity contribution is -0.164. The SMILES string of the molecule is CCCCCC=CCC=CCCCCCCCC(=O)OC(CSC)C(=O)OC. The normalized spacial score (nSPS) is 12.5. The van der Waals surface area contributed by atoms with Gasteiger partial charge in [0.05, 0.1) is 7.11 Å². The maximum absolute atomic E-state index is 11.8. The van der Waals surface area contributed by atoms with E-state index >= 15 is 0 Å². The van der Waals surface area contributed by atoms with Crippen LogP contribution in [0.2, 0.25) is 0 Å². The van der Waals surface area contributed by atoms with Crippen LogP contribution in [0.25, 0.3) is 0 Å². The Labute approximate surface area is 176 Å². The number of unbranched alkanes of at least 4 members (excludes halogenated alkanes) is 8. The zero-order valence-corrected chi connectivity index (χ0v) is 18.9. The maximum atomic E-state index is 11.8. The van der Waals surface area contributed by atoms with Crippen molar-refractivity contribution in [1.29, 1.82) is 0 Å². The van der Waals surface area contributed by atoms with Gasteiger partial charge in [-0.05, 0) is 44.8 Å². The summed E-state index contributed by atoms with van der Waals surface area (Å²) >= 11 is 1.46. The molecule has 1 unspecified atom stereocenters. The topological polar surface area (TPSA) is 52.6 Å². The highest BCUT2D eigenvalue weighted by molar-refractivity contribution is 7.98. The van der Waals surface area contributed by atoms with Gasteiger partial charge in [0.25, 0.3) is 0 Å². The third-order valence-corrected chi connectivity index (χ3v) is 5.02. The number of carbonyl (C=O) groups excluding carboxylic acids is 2. The van der Waals surface area contributed by atoms with Gasteiger partial charge >= 0.3 is 11.9 Å². The van der Waals surface area contributed by atoms with Gasteiger partial charge in [0.2, 0.25) is 6.10 Å². The molecule has 0 aromatic rings. The van der Waals surface area contributed by atoms with Crippen LogP contribution in [0.1, 0.15) is 84.0 Å². The Kier molecular flexibility index (Phi) is 19.6. The number of hydrogen-bond acceptors (Lipinski definition) is 5. The van der Waals surface area contributed by atoms with Crippen LogP contribution in [0.5, 0.6) is 0 Å². The van der Waals surface area contributed by atoms with Crippen molar-refractivity contribution in [3.05, 3.63) is 24.3 Å². The molecule has 0 spiro atoms. The van der Waals surface area contributed by atoms with Gasteiger partial charge in [0, 0.05) is 12.2 Å². The minimum atomic E-state index is -0.787. The average molecular weight is 413 g/mol. The van der Waals surface area contributed by atoms with E-state index in [0.29, 0.717) is 12.2 Å². The summed E-state index contributed by atoms with van der Waals surface area (Å²) in [7, 11) is 1.31. The summed E-state index contributed by atoms with van der Waals surface area (Å²) in [5.41, 5.74) is 0. The lowest BCUT2D eigenvalue weighted by Gasteiger charge is -2.14. The highest BCUT2D eigenvalue weighted by Crippen LogP contribution is 2.11. The number of allylic oxidation sites excluding steroid dienone is 4. The fraction of sp³-hybridized carbons (Fsp3) is 0.739. The first-order valence-corrected chi connectivity index (χ1v) is 12.1. The Morgan fingerprint density at radius 2 is 1.50 bits per heavy atom. The monoisotopic (exact) mass is 412 g/mol. The molecule has 0 amide bonds. The van der Waals surface area contributed by atoms with Crippen LogP contribution in [0.15, 0.2) is 24.3 Å². The highest BCUT2D eigenvalue weighted by atomic mass is 32.2. The molecule has 0 bridgehead atoms. The Bertz CT molecular complexity index is 446. The lowest BCUT2D eigenvalue weighted by Crippen LogP contribution is -2.30. The Morgan fingerprint density at radius 3 is 2.11 bits per heavy atom. The number of carbonyl (C=O) groups is 2. The first kappa shape index (κ1) is 26.8. The summed E-state index contributed by atoms with van der Waals surface area (Å²) in [5, 5.41) is 0. The van der Waals surface area contributed by atoms with Gasteiger partial charge in [0.1, 0.15) is 0 Å². The molecule has 0 aromatic carbocycles. The van der Waals surface area contributed by atoms with Crippen LogP contribution < -0.4 is 0 Å². The third kappa shape index (κ3) is 16.9. The van der Waals surface area contributed by atoms with Crippen molar-refractivity contribution >= 4 is 23.7 Å². The minimum Gasteiger partial charge on any atom is -0.466 e. The number of thioether (sulfide) groups is 1. The average Bonchev–Trinajstić information content (AvgIpc) is 2.70. The standard InChI is InChI=1S/C23H40O4S/c1-4-5-6-7-8-9-10-11-12-13-14-15-16-17-18-19-22(24)27-21(20-28-3)23(25)26-2/h8-9,11-12,21H,4-7,10,13-20H2,1-3H3. The molecule has 4 nitrogen and oxygen atoms in total. The molecule has 0 aliphatic rings. The molecule has 0 radical (unpaired) electrons. The van der Waals surface area contributed by atoms with E-state index in [1.807, 2.05) is 6.26 Å². The van der Waals surface area contributed by atoms with Gasteiger partial charge in [-0.25, -0.2) is 4.79 Å². The molecule has 0 saturated heterocycles.